The molecule has 2 fully saturated rings. The fourth-order valence-corrected chi connectivity index (χ4v) is 6.33. The molecule has 6 rings (SSSR count). The number of carbonyl (C=O) groups is 1. The third-order valence-corrected chi connectivity index (χ3v) is 9.07. The van der Waals surface area contributed by atoms with E-state index in [4.69, 9.17) is 14.0 Å². The first-order chi connectivity index (χ1) is 21.4. The van der Waals surface area contributed by atoms with Crippen molar-refractivity contribution < 1.29 is 27.6 Å². The Labute approximate surface area is 262 Å². The molecule has 0 unspecified atom stereocenters. The molecule has 0 amide bonds. The fourth-order valence-electron chi connectivity index (χ4n) is 5.12. The van der Waals surface area contributed by atoms with Crippen LogP contribution >= 0.6 is 23.4 Å². The second-order valence-corrected chi connectivity index (χ2v) is 12.5. The second-order valence-electron chi connectivity index (χ2n) is 10.7. The number of morpholine rings is 1. The number of nitrogens with zero attached hydrogens (tertiary/aromatic N) is 4. The number of carboxylic acid groups (broad SMARTS) is 1. The predicted octanol–water partition coefficient (Wildman–Crippen LogP) is 5.85. The van der Waals surface area contributed by atoms with Crippen LogP contribution in [0.5, 0.6) is 0 Å². The maximum Gasteiger partial charge on any atom is 0.355 e. The highest BCUT2D eigenvalue weighted by atomic mass is 32.2. The predicted molar refractivity (Wildman–Crippen MR) is 164 cm³/mol. The molecule has 2 aromatic carbocycles. The van der Waals surface area contributed by atoms with E-state index in [2.05, 4.69) is 21.7 Å². The van der Waals surface area contributed by atoms with Crippen LogP contribution in [-0.4, -0.2) is 70.7 Å². The molecule has 8 nitrogen and oxygen atoms in total. The van der Waals surface area contributed by atoms with E-state index in [0.717, 1.165) is 54.8 Å². The highest BCUT2D eigenvalue weighted by Crippen LogP contribution is 2.38. The van der Waals surface area contributed by atoms with Gasteiger partial charge in [0.25, 0.3) is 0 Å². The van der Waals surface area contributed by atoms with Crippen molar-refractivity contribution in [3.8, 4) is 28.2 Å². The van der Waals surface area contributed by atoms with Gasteiger partial charge < -0.3 is 14.0 Å². The minimum atomic E-state index is -1.12. The summed E-state index contributed by atoms with van der Waals surface area (Å²) >= 11 is 2.15. The molecule has 44 heavy (non-hydrogen) atoms. The Morgan fingerprint density at radius 3 is 2.70 bits per heavy atom. The summed E-state index contributed by atoms with van der Waals surface area (Å²) in [5.74, 6) is 4.61. The summed E-state index contributed by atoms with van der Waals surface area (Å²) in [4.78, 5) is 18.5. The van der Waals surface area contributed by atoms with E-state index >= 15 is 0 Å². The third-order valence-electron chi connectivity index (χ3n) is 7.58. The monoisotopic (exact) mass is 636 g/mol. The number of halogens is 2. The lowest BCUT2D eigenvalue weighted by molar-refractivity contribution is 0.0443. The minimum absolute atomic E-state index is 0.0612. The van der Waals surface area contributed by atoms with E-state index in [0.29, 0.717) is 59.8 Å². The van der Waals surface area contributed by atoms with Gasteiger partial charge in [-0.05, 0) is 61.1 Å². The summed E-state index contributed by atoms with van der Waals surface area (Å²) in [5.41, 5.74) is 3.93. The van der Waals surface area contributed by atoms with Crippen molar-refractivity contribution in [1.29, 1.82) is 0 Å². The number of thiazole rings is 1. The van der Waals surface area contributed by atoms with Gasteiger partial charge in [-0.25, -0.2) is 23.2 Å². The minimum Gasteiger partial charge on any atom is -0.476 e. The van der Waals surface area contributed by atoms with Gasteiger partial charge >= 0.3 is 5.97 Å². The van der Waals surface area contributed by atoms with Crippen molar-refractivity contribution in [2.45, 2.75) is 30.6 Å². The van der Waals surface area contributed by atoms with E-state index in [1.165, 1.54) is 36.0 Å². The largest absolute Gasteiger partial charge is 0.476 e. The van der Waals surface area contributed by atoms with E-state index in [-0.39, 0.29) is 11.3 Å². The standard InChI is InChI=1S/C32H30F2N4O4S2/c1-41-44-29-9-6-21(16-26(29)34)15-24-28(17-20-4-5-20)38(32-35-27(19-43-32)31(39)40)36-30(24)23-7-8-25(33)22(18-23)3-2-10-37-11-13-42-14-12-37/h6-9,16,18-20H,4-5,10-15,17H2,1H3,(H,39,40). The van der Waals surface area contributed by atoms with Gasteiger partial charge in [-0.1, -0.05) is 17.9 Å². The Hall–Kier alpha value is -3.60. The topological polar surface area (TPSA) is 89.7 Å². The van der Waals surface area contributed by atoms with Crippen molar-refractivity contribution >= 4 is 29.3 Å². The van der Waals surface area contributed by atoms with Gasteiger partial charge in [-0.3, -0.25) is 4.90 Å². The van der Waals surface area contributed by atoms with E-state index < -0.39 is 17.6 Å². The molecule has 0 radical (unpaired) electrons. The zero-order chi connectivity index (χ0) is 30.6. The van der Waals surface area contributed by atoms with Crippen molar-refractivity contribution in [1.82, 2.24) is 19.7 Å². The molecular formula is C32H30F2N4O4S2. The summed E-state index contributed by atoms with van der Waals surface area (Å²) in [6.45, 7) is 3.40. The smallest absolute Gasteiger partial charge is 0.355 e. The molecular weight excluding hydrogens is 607 g/mol. The molecule has 12 heteroatoms. The Morgan fingerprint density at radius 2 is 2.00 bits per heavy atom. The lowest BCUT2D eigenvalue weighted by Crippen LogP contribution is -2.36. The molecule has 0 atom stereocenters. The molecule has 1 saturated carbocycles. The lowest BCUT2D eigenvalue weighted by atomic mass is 9.96. The Kier molecular flexibility index (Phi) is 9.39. The van der Waals surface area contributed by atoms with Crippen LogP contribution in [0.3, 0.4) is 0 Å². The average Bonchev–Trinajstić information content (AvgIpc) is 3.58. The molecule has 228 valence electrons. The van der Waals surface area contributed by atoms with Gasteiger partial charge in [0.1, 0.15) is 11.6 Å². The molecule has 0 bridgehead atoms. The van der Waals surface area contributed by atoms with E-state index in [1.54, 1.807) is 22.9 Å². The number of aromatic carboxylic acids is 1. The molecule has 4 aromatic rings. The van der Waals surface area contributed by atoms with Crippen molar-refractivity contribution in [2.24, 2.45) is 5.92 Å². The molecule has 1 saturated heterocycles. The first-order valence-corrected chi connectivity index (χ1v) is 15.9. The Bertz CT molecular complexity index is 1740. The van der Waals surface area contributed by atoms with Crippen molar-refractivity contribution in [2.75, 3.05) is 40.0 Å². The summed E-state index contributed by atoms with van der Waals surface area (Å²) in [6, 6.07) is 9.78. The molecule has 1 aliphatic heterocycles. The van der Waals surface area contributed by atoms with Gasteiger partial charge in [0, 0.05) is 48.1 Å². The number of carboxylic acids is 1. The number of aromatic nitrogens is 3. The summed E-state index contributed by atoms with van der Waals surface area (Å²) in [5, 5.41) is 16.4. The van der Waals surface area contributed by atoms with E-state index in [9.17, 15) is 18.7 Å². The van der Waals surface area contributed by atoms with Gasteiger partial charge in [0.15, 0.2) is 5.69 Å². The highest BCUT2D eigenvalue weighted by molar-refractivity contribution is 7.94. The van der Waals surface area contributed by atoms with E-state index in [1.807, 2.05) is 6.07 Å². The zero-order valence-corrected chi connectivity index (χ0v) is 25.6. The average molecular weight is 637 g/mol. The van der Waals surface area contributed by atoms with Crippen LogP contribution in [0.2, 0.25) is 0 Å². The van der Waals surface area contributed by atoms with Crippen LogP contribution < -0.4 is 0 Å². The maximum absolute atomic E-state index is 15.0. The number of hydrogen-bond donors (Lipinski definition) is 1. The van der Waals surface area contributed by atoms with Crippen molar-refractivity contribution in [3.63, 3.8) is 0 Å². The van der Waals surface area contributed by atoms with Crippen LogP contribution in [0.15, 0.2) is 46.7 Å². The quantitative estimate of drug-likeness (QED) is 0.171. The van der Waals surface area contributed by atoms with Gasteiger partial charge in [-0.15, -0.1) is 11.3 Å². The normalized spacial score (nSPS) is 15.2. The van der Waals surface area contributed by atoms with Gasteiger partial charge in [0.05, 0.1) is 48.7 Å². The SMILES string of the molecule is COSc1ccc(Cc2c(-c3ccc(F)c(C#CCN4CCOCC4)c3)nn(-c3nc(C(=O)O)cs3)c2CC2CC2)cc1F. The Morgan fingerprint density at radius 1 is 1.18 bits per heavy atom. The number of rotatable bonds is 10. The van der Waals surface area contributed by atoms with Crippen LogP contribution in [0.4, 0.5) is 8.78 Å². The number of hydrogen-bond acceptors (Lipinski definition) is 8. The van der Waals surface area contributed by atoms with Crippen molar-refractivity contribution in [3.05, 3.63) is 81.5 Å². The maximum atomic E-state index is 15.0. The Balaban J connectivity index is 1.43. The summed E-state index contributed by atoms with van der Waals surface area (Å²) in [7, 11) is 1.49. The van der Waals surface area contributed by atoms with Crippen LogP contribution in [0.1, 0.15) is 45.7 Å². The lowest BCUT2D eigenvalue weighted by Gasteiger charge is -2.24. The zero-order valence-electron chi connectivity index (χ0n) is 24.0. The summed E-state index contributed by atoms with van der Waals surface area (Å²) < 4.78 is 42.0. The molecule has 0 spiro atoms. The van der Waals surface area contributed by atoms with Gasteiger partial charge in [-0.2, -0.15) is 5.10 Å². The van der Waals surface area contributed by atoms with Crippen LogP contribution in [0.25, 0.3) is 16.4 Å². The number of benzene rings is 2. The molecule has 1 aliphatic carbocycles. The van der Waals surface area contributed by atoms with Crippen LogP contribution in [0, 0.1) is 29.4 Å². The molecule has 3 heterocycles. The number of ether oxygens (including phenoxy) is 1. The second kappa shape index (κ2) is 13.6. The molecule has 2 aliphatic rings. The van der Waals surface area contributed by atoms with Crippen LogP contribution in [-0.2, 0) is 21.8 Å². The van der Waals surface area contributed by atoms with Gasteiger partial charge in [0.2, 0.25) is 5.13 Å². The first kappa shape index (κ1) is 30.4. The third kappa shape index (κ3) is 7.03. The highest BCUT2D eigenvalue weighted by Gasteiger charge is 2.29. The molecule has 2 aromatic heterocycles. The fraction of sp³-hybridized carbons (Fsp3) is 0.344. The molecule has 1 N–H and O–H groups in total. The first-order valence-electron chi connectivity index (χ1n) is 14.3. The summed E-state index contributed by atoms with van der Waals surface area (Å²) in [6.07, 6.45) is 3.22.